The van der Waals surface area contributed by atoms with Crippen LogP contribution in [0.5, 0.6) is 5.75 Å². The molecule has 0 saturated heterocycles. The average molecular weight is 269 g/mol. The molecule has 104 valence electrons. The molecule has 0 aliphatic carbocycles. The number of aromatic hydroxyl groups is 1. The van der Waals surface area contributed by atoms with Crippen molar-refractivity contribution in [1.82, 2.24) is 5.32 Å². The molecular formula is C17H19NO2. The minimum Gasteiger partial charge on any atom is -0.508 e. The van der Waals surface area contributed by atoms with Crippen molar-refractivity contribution in [2.75, 3.05) is 6.54 Å². The number of hydrogen-bond acceptors (Lipinski definition) is 2. The van der Waals surface area contributed by atoms with E-state index in [-0.39, 0.29) is 11.7 Å². The number of carbonyl (C=O) groups excluding carboxylic acids is 1. The van der Waals surface area contributed by atoms with Crippen LogP contribution in [0.1, 0.15) is 31.2 Å². The molecular weight excluding hydrogens is 250 g/mol. The molecule has 0 atom stereocenters. The lowest BCUT2D eigenvalue weighted by molar-refractivity contribution is -0.121. The van der Waals surface area contributed by atoms with Gasteiger partial charge in [0.05, 0.1) is 0 Å². The zero-order valence-corrected chi connectivity index (χ0v) is 11.5. The highest BCUT2D eigenvalue weighted by Gasteiger charge is 2.00. The van der Waals surface area contributed by atoms with Gasteiger partial charge in [-0.15, -0.1) is 6.42 Å². The monoisotopic (exact) mass is 269 g/mol. The third kappa shape index (κ3) is 7.13. The van der Waals surface area contributed by atoms with Gasteiger partial charge in [0.25, 0.3) is 0 Å². The molecule has 0 unspecified atom stereocenters. The van der Waals surface area contributed by atoms with Gasteiger partial charge < -0.3 is 10.4 Å². The fourth-order valence-corrected chi connectivity index (χ4v) is 1.71. The van der Waals surface area contributed by atoms with Crippen LogP contribution in [0.25, 0.3) is 0 Å². The SMILES string of the molecule is C#CC#CCCCCC(=O)NCCc1ccc(O)cc1. The molecule has 0 saturated carbocycles. The Morgan fingerprint density at radius 2 is 2.00 bits per heavy atom. The van der Waals surface area contributed by atoms with E-state index in [0.717, 1.165) is 31.2 Å². The van der Waals surface area contributed by atoms with Crippen molar-refractivity contribution >= 4 is 5.91 Å². The van der Waals surface area contributed by atoms with Crippen molar-refractivity contribution in [3.8, 4) is 29.9 Å². The van der Waals surface area contributed by atoms with Gasteiger partial charge in [0, 0.05) is 19.4 Å². The van der Waals surface area contributed by atoms with E-state index < -0.39 is 0 Å². The zero-order chi connectivity index (χ0) is 14.6. The first kappa shape index (κ1) is 15.7. The van der Waals surface area contributed by atoms with Crippen LogP contribution in [0.2, 0.25) is 0 Å². The van der Waals surface area contributed by atoms with Crippen molar-refractivity contribution in [3.63, 3.8) is 0 Å². The molecule has 0 aliphatic rings. The maximum Gasteiger partial charge on any atom is 0.220 e. The predicted octanol–water partition coefficient (Wildman–Crippen LogP) is 2.25. The summed E-state index contributed by atoms with van der Waals surface area (Å²) in [5, 5.41) is 12.0. The minimum atomic E-state index is 0.0636. The number of unbranched alkanes of at least 4 members (excludes halogenated alkanes) is 2. The van der Waals surface area contributed by atoms with Crippen molar-refractivity contribution in [2.24, 2.45) is 0 Å². The summed E-state index contributed by atoms with van der Waals surface area (Å²) >= 11 is 0. The van der Waals surface area contributed by atoms with Gasteiger partial charge in [-0.1, -0.05) is 18.1 Å². The number of carbonyl (C=O) groups is 1. The standard InChI is InChI=1S/C17H19NO2/c1-2-3-4-5-6-7-8-17(20)18-14-13-15-9-11-16(19)12-10-15/h1,9-12,19H,5-8,13-14H2,(H,18,20). The van der Waals surface area contributed by atoms with Crippen molar-refractivity contribution in [2.45, 2.75) is 32.1 Å². The van der Waals surface area contributed by atoms with Crippen LogP contribution in [0.15, 0.2) is 24.3 Å². The topological polar surface area (TPSA) is 49.3 Å². The smallest absolute Gasteiger partial charge is 0.220 e. The van der Waals surface area contributed by atoms with Crippen LogP contribution in [-0.2, 0) is 11.2 Å². The molecule has 1 rings (SSSR count). The molecule has 2 N–H and O–H groups in total. The normalized spacial score (nSPS) is 9.15. The van der Waals surface area contributed by atoms with Gasteiger partial charge in [0.2, 0.25) is 5.91 Å². The number of phenolic OH excluding ortho intramolecular Hbond substituents is 1. The van der Waals surface area contributed by atoms with Crippen molar-refractivity contribution in [3.05, 3.63) is 29.8 Å². The van der Waals surface area contributed by atoms with Gasteiger partial charge in [0.1, 0.15) is 5.75 Å². The Morgan fingerprint density at radius 1 is 1.25 bits per heavy atom. The molecule has 0 bridgehead atoms. The summed E-state index contributed by atoms with van der Waals surface area (Å²) in [6.07, 6.45) is 8.74. The van der Waals surface area contributed by atoms with Crippen LogP contribution >= 0.6 is 0 Å². The fourth-order valence-electron chi connectivity index (χ4n) is 1.71. The van der Waals surface area contributed by atoms with Gasteiger partial charge >= 0.3 is 0 Å². The van der Waals surface area contributed by atoms with Crippen molar-refractivity contribution in [1.29, 1.82) is 0 Å². The highest BCUT2D eigenvalue weighted by Crippen LogP contribution is 2.09. The lowest BCUT2D eigenvalue weighted by Crippen LogP contribution is -2.25. The number of hydrogen-bond donors (Lipinski definition) is 2. The second-order valence-corrected chi connectivity index (χ2v) is 4.42. The van der Waals surface area contributed by atoms with E-state index in [9.17, 15) is 4.79 Å². The molecule has 0 radical (unpaired) electrons. The van der Waals surface area contributed by atoms with Crippen LogP contribution in [0.3, 0.4) is 0 Å². The predicted molar refractivity (Wildman–Crippen MR) is 79.9 cm³/mol. The zero-order valence-electron chi connectivity index (χ0n) is 11.5. The number of rotatable bonds is 7. The lowest BCUT2D eigenvalue weighted by Gasteiger charge is -2.05. The number of phenols is 1. The second kappa shape index (κ2) is 9.53. The van der Waals surface area contributed by atoms with E-state index in [1.54, 1.807) is 12.1 Å². The highest BCUT2D eigenvalue weighted by atomic mass is 16.3. The number of terminal acetylenes is 1. The van der Waals surface area contributed by atoms with Gasteiger partial charge in [-0.2, -0.15) is 0 Å². The van der Waals surface area contributed by atoms with E-state index in [2.05, 4.69) is 23.1 Å². The molecule has 20 heavy (non-hydrogen) atoms. The summed E-state index contributed by atoms with van der Waals surface area (Å²) in [6, 6.07) is 7.00. The molecule has 1 amide bonds. The Kier molecular flexibility index (Phi) is 7.46. The van der Waals surface area contributed by atoms with Crippen LogP contribution in [0, 0.1) is 24.2 Å². The van der Waals surface area contributed by atoms with Crippen LogP contribution in [0.4, 0.5) is 0 Å². The van der Waals surface area contributed by atoms with Gasteiger partial charge in [0.15, 0.2) is 0 Å². The average Bonchev–Trinajstić information content (AvgIpc) is 2.45. The third-order valence-corrected chi connectivity index (χ3v) is 2.79. The maximum atomic E-state index is 11.6. The Morgan fingerprint density at radius 3 is 2.70 bits per heavy atom. The molecule has 1 aromatic carbocycles. The second-order valence-electron chi connectivity index (χ2n) is 4.42. The molecule has 3 heteroatoms. The minimum absolute atomic E-state index is 0.0636. The summed E-state index contributed by atoms with van der Waals surface area (Å²) in [7, 11) is 0. The Labute approximate surface area is 120 Å². The van der Waals surface area contributed by atoms with E-state index in [1.807, 2.05) is 12.1 Å². The van der Waals surface area contributed by atoms with Crippen LogP contribution < -0.4 is 5.32 Å². The number of nitrogens with one attached hydrogen (secondary N) is 1. The van der Waals surface area contributed by atoms with Gasteiger partial charge in [-0.3, -0.25) is 4.79 Å². The van der Waals surface area contributed by atoms with E-state index in [1.165, 1.54) is 0 Å². The Hall–Kier alpha value is -2.39. The number of amides is 1. The lowest BCUT2D eigenvalue weighted by atomic mass is 10.1. The largest absolute Gasteiger partial charge is 0.508 e. The highest BCUT2D eigenvalue weighted by molar-refractivity contribution is 5.75. The van der Waals surface area contributed by atoms with E-state index in [4.69, 9.17) is 11.5 Å². The van der Waals surface area contributed by atoms with Gasteiger partial charge in [-0.05, 0) is 48.8 Å². The van der Waals surface area contributed by atoms with E-state index in [0.29, 0.717) is 13.0 Å². The maximum absolute atomic E-state index is 11.6. The molecule has 0 aliphatic heterocycles. The number of benzene rings is 1. The molecule has 0 fully saturated rings. The van der Waals surface area contributed by atoms with Crippen molar-refractivity contribution < 1.29 is 9.90 Å². The molecule has 1 aromatic rings. The molecule has 0 heterocycles. The summed E-state index contributed by atoms with van der Waals surface area (Å²) in [5.41, 5.74) is 1.09. The fraction of sp³-hybridized carbons (Fsp3) is 0.353. The molecule has 0 spiro atoms. The Balaban J connectivity index is 2.08. The third-order valence-electron chi connectivity index (χ3n) is 2.79. The summed E-state index contributed by atoms with van der Waals surface area (Å²) in [6.45, 7) is 0.612. The van der Waals surface area contributed by atoms with E-state index >= 15 is 0 Å². The quantitative estimate of drug-likeness (QED) is 0.589. The summed E-state index contributed by atoms with van der Waals surface area (Å²) in [4.78, 5) is 11.6. The summed E-state index contributed by atoms with van der Waals surface area (Å²) in [5.74, 6) is 7.97. The van der Waals surface area contributed by atoms with Crippen LogP contribution in [-0.4, -0.2) is 17.6 Å². The molecule has 0 aromatic heterocycles. The summed E-state index contributed by atoms with van der Waals surface area (Å²) < 4.78 is 0. The first-order valence-corrected chi connectivity index (χ1v) is 6.70. The van der Waals surface area contributed by atoms with Gasteiger partial charge in [-0.25, -0.2) is 0 Å². The first-order valence-electron chi connectivity index (χ1n) is 6.70. The molecule has 3 nitrogen and oxygen atoms in total. The first-order chi connectivity index (χ1) is 9.72. The Bertz CT molecular complexity index is 515.